The Morgan fingerprint density at radius 2 is 1.94 bits per heavy atom. The zero-order valence-electron chi connectivity index (χ0n) is 11.2. The number of rotatable bonds is 5. The molecule has 2 N–H and O–H groups in total. The van der Waals surface area contributed by atoms with Crippen molar-refractivity contribution in [3.8, 4) is 0 Å². The summed E-state index contributed by atoms with van der Waals surface area (Å²) in [4.78, 5) is 2.27. The average Bonchev–Trinajstić information content (AvgIpc) is 2.27. The standard InChI is InChI=1S/C14H23ClN2/c1-10(2)7-11(3)17(4)14-8-13(15)6-5-12(14)9-16/h5-6,8,10-11H,7,9,16H2,1-4H3. The highest BCUT2D eigenvalue weighted by Gasteiger charge is 2.14. The summed E-state index contributed by atoms with van der Waals surface area (Å²) in [6, 6.07) is 6.39. The molecule has 0 aliphatic carbocycles. The van der Waals surface area contributed by atoms with Gasteiger partial charge in [-0.15, -0.1) is 0 Å². The van der Waals surface area contributed by atoms with E-state index in [1.165, 1.54) is 0 Å². The van der Waals surface area contributed by atoms with Gasteiger partial charge in [-0.2, -0.15) is 0 Å². The zero-order chi connectivity index (χ0) is 13.0. The predicted octanol–water partition coefficient (Wildman–Crippen LogP) is 3.67. The maximum Gasteiger partial charge on any atom is 0.0426 e. The number of hydrogen-bond donors (Lipinski definition) is 1. The minimum atomic E-state index is 0.485. The fraction of sp³-hybridized carbons (Fsp3) is 0.571. The smallest absolute Gasteiger partial charge is 0.0426 e. The monoisotopic (exact) mass is 254 g/mol. The summed E-state index contributed by atoms with van der Waals surface area (Å²) in [6.45, 7) is 7.27. The van der Waals surface area contributed by atoms with Gasteiger partial charge in [0, 0.05) is 30.3 Å². The van der Waals surface area contributed by atoms with Crippen LogP contribution in [0.3, 0.4) is 0 Å². The molecule has 0 saturated heterocycles. The van der Waals surface area contributed by atoms with E-state index in [9.17, 15) is 0 Å². The van der Waals surface area contributed by atoms with E-state index in [2.05, 4.69) is 32.7 Å². The fourth-order valence-corrected chi connectivity index (χ4v) is 2.28. The Morgan fingerprint density at radius 3 is 2.47 bits per heavy atom. The van der Waals surface area contributed by atoms with E-state index in [0.29, 0.717) is 18.5 Å². The van der Waals surface area contributed by atoms with Gasteiger partial charge < -0.3 is 10.6 Å². The third kappa shape index (κ3) is 3.90. The van der Waals surface area contributed by atoms with E-state index < -0.39 is 0 Å². The Balaban J connectivity index is 2.93. The molecule has 1 unspecified atom stereocenters. The molecular weight excluding hydrogens is 232 g/mol. The summed E-state index contributed by atoms with van der Waals surface area (Å²) in [7, 11) is 2.11. The molecule has 0 heterocycles. The van der Waals surface area contributed by atoms with Gasteiger partial charge in [-0.25, -0.2) is 0 Å². The molecule has 0 fully saturated rings. The van der Waals surface area contributed by atoms with Gasteiger partial charge in [0.05, 0.1) is 0 Å². The maximum atomic E-state index is 6.06. The van der Waals surface area contributed by atoms with Crippen LogP contribution in [0.15, 0.2) is 18.2 Å². The molecule has 0 radical (unpaired) electrons. The van der Waals surface area contributed by atoms with Crippen LogP contribution in [-0.4, -0.2) is 13.1 Å². The van der Waals surface area contributed by atoms with E-state index in [-0.39, 0.29) is 0 Å². The highest BCUT2D eigenvalue weighted by Crippen LogP contribution is 2.26. The van der Waals surface area contributed by atoms with Gasteiger partial charge in [-0.3, -0.25) is 0 Å². The second kappa shape index (κ2) is 6.27. The van der Waals surface area contributed by atoms with Gasteiger partial charge in [0.2, 0.25) is 0 Å². The van der Waals surface area contributed by atoms with Crippen LogP contribution in [0.25, 0.3) is 0 Å². The van der Waals surface area contributed by atoms with Gasteiger partial charge in [-0.1, -0.05) is 31.5 Å². The molecule has 1 rings (SSSR count). The lowest BCUT2D eigenvalue weighted by Gasteiger charge is -2.30. The first-order valence-electron chi connectivity index (χ1n) is 6.17. The number of nitrogens with two attached hydrogens (primary N) is 1. The minimum absolute atomic E-state index is 0.485. The molecule has 1 aromatic carbocycles. The van der Waals surface area contributed by atoms with Crippen LogP contribution in [0.2, 0.25) is 5.02 Å². The van der Waals surface area contributed by atoms with Crippen molar-refractivity contribution in [1.82, 2.24) is 0 Å². The van der Waals surface area contributed by atoms with E-state index in [0.717, 1.165) is 22.7 Å². The van der Waals surface area contributed by atoms with Crippen molar-refractivity contribution < 1.29 is 0 Å². The number of nitrogens with zero attached hydrogens (tertiary/aromatic N) is 1. The molecule has 0 saturated carbocycles. The molecule has 96 valence electrons. The molecule has 1 aromatic rings. The Morgan fingerprint density at radius 1 is 1.29 bits per heavy atom. The van der Waals surface area contributed by atoms with Crippen LogP contribution in [0.1, 0.15) is 32.8 Å². The van der Waals surface area contributed by atoms with Gasteiger partial charge >= 0.3 is 0 Å². The van der Waals surface area contributed by atoms with Crippen LogP contribution in [0.5, 0.6) is 0 Å². The van der Waals surface area contributed by atoms with Crippen LogP contribution >= 0.6 is 11.6 Å². The van der Waals surface area contributed by atoms with Crippen molar-refractivity contribution in [2.75, 3.05) is 11.9 Å². The van der Waals surface area contributed by atoms with Gasteiger partial charge in [-0.05, 0) is 37.0 Å². The molecule has 2 nitrogen and oxygen atoms in total. The highest BCUT2D eigenvalue weighted by atomic mass is 35.5. The summed E-state index contributed by atoms with van der Waals surface area (Å²) in [5.74, 6) is 0.688. The molecule has 0 aliphatic rings. The van der Waals surface area contributed by atoms with Crippen molar-refractivity contribution in [1.29, 1.82) is 0 Å². The Hall–Kier alpha value is -0.730. The molecule has 0 spiro atoms. The largest absolute Gasteiger partial charge is 0.372 e. The Labute approximate surface area is 110 Å². The van der Waals surface area contributed by atoms with Crippen LogP contribution in [0.4, 0.5) is 5.69 Å². The first-order valence-corrected chi connectivity index (χ1v) is 6.54. The normalized spacial score (nSPS) is 12.9. The fourth-order valence-electron chi connectivity index (χ4n) is 2.12. The lowest BCUT2D eigenvalue weighted by Crippen LogP contribution is -2.31. The molecule has 0 bridgehead atoms. The van der Waals surface area contributed by atoms with Gasteiger partial charge in [0.25, 0.3) is 0 Å². The SMILES string of the molecule is CC(C)CC(C)N(C)c1cc(Cl)ccc1CN. The average molecular weight is 255 g/mol. The van der Waals surface area contributed by atoms with Gasteiger partial charge in [0.1, 0.15) is 0 Å². The zero-order valence-corrected chi connectivity index (χ0v) is 12.0. The number of benzene rings is 1. The topological polar surface area (TPSA) is 29.3 Å². The van der Waals surface area contributed by atoms with E-state index in [4.69, 9.17) is 17.3 Å². The Kier molecular flexibility index (Phi) is 5.29. The summed E-state index contributed by atoms with van der Waals surface area (Å²) in [5.41, 5.74) is 8.06. The van der Waals surface area contributed by atoms with Crippen molar-refractivity contribution in [2.45, 2.75) is 39.8 Å². The molecule has 0 aromatic heterocycles. The van der Waals surface area contributed by atoms with Crippen LogP contribution < -0.4 is 10.6 Å². The summed E-state index contributed by atoms with van der Waals surface area (Å²) >= 11 is 6.06. The quantitative estimate of drug-likeness (QED) is 0.869. The molecule has 0 aliphatic heterocycles. The van der Waals surface area contributed by atoms with Crippen molar-refractivity contribution in [3.63, 3.8) is 0 Å². The molecule has 17 heavy (non-hydrogen) atoms. The first-order chi connectivity index (χ1) is 7.95. The third-order valence-electron chi connectivity index (χ3n) is 3.12. The number of hydrogen-bond acceptors (Lipinski definition) is 2. The highest BCUT2D eigenvalue weighted by molar-refractivity contribution is 6.30. The lowest BCUT2D eigenvalue weighted by molar-refractivity contribution is 0.503. The van der Waals surface area contributed by atoms with Gasteiger partial charge in [0.15, 0.2) is 0 Å². The lowest BCUT2D eigenvalue weighted by atomic mass is 10.0. The molecule has 3 heteroatoms. The minimum Gasteiger partial charge on any atom is -0.372 e. The van der Waals surface area contributed by atoms with E-state index in [1.807, 2.05) is 18.2 Å². The molecule has 0 amide bonds. The summed E-state index contributed by atoms with van der Waals surface area (Å²) in [6.07, 6.45) is 1.16. The first kappa shape index (κ1) is 14.3. The Bertz CT molecular complexity index is 363. The van der Waals surface area contributed by atoms with Crippen molar-refractivity contribution in [3.05, 3.63) is 28.8 Å². The van der Waals surface area contributed by atoms with Crippen molar-refractivity contribution >= 4 is 17.3 Å². The maximum absolute atomic E-state index is 6.06. The van der Waals surface area contributed by atoms with E-state index >= 15 is 0 Å². The number of halogens is 1. The third-order valence-corrected chi connectivity index (χ3v) is 3.36. The van der Waals surface area contributed by atoms with E-state index in [1.54, 1.807) is 0 Å². The van der Waals surface area contributed by atoms with Crippen molar-refractivity contribution in [2.24, 2.45) is 11.7 Å². The molecule has 1 atom stereocenters. The molecular formula is C14H23ClN2. The second-order valence-electron chi connectivity index (χ2n) is 5.07. The predicted molar refractivity (Wildman–Crippen MR) is 76.7 cm³/mol. The van der Waals surface area contributed by atoms with Crippen LogP contribution in [0, 0.1) is 5.92 Å². The van der Waals surface area contributed by atoms with Crippen LogP contribution in [-0.2, 0) is 6.54 Å². The summed E-state index contributed by atoms with van der Waals surface area (Å²) in [5, 5.41) is 0.765. The number of anilines is 1. The summed E-state index contributed by atoms with van der Waals surface area (Å²) < 4.78 is 0. The second-order valence-corrected chi connectivity index (χ2v) is 5.50.